The van der Waals surface area contributed by atoms with Crippen LogP contribution in [0, 0.1) is 5.92 Å². The van der Waals surface area contributed by atoms with Gasteiger partial charge in [-0.3, -0.25) is 10.1 Å². The molecule has 0 radical (unpaired) electrons. The largest absolute Gasteiger partial charge is 0.480 e. The maximum absolute atomic E-state index is 12.0. The summed E-state index contributed by atoms with van der Waals surface area (Å²) in [4.78, 5) is 11.6. The van der Waals surface area contributed by atoms with Gasteiger partial charge < -0.3 is 5.11 Å². The van der Waals surface area contributed by atoms with Crippen LogP contribution in [0.25, 0.3) is 0 Å². The fourth-order valence-corrected chi connectivity index (χ4v) is 4.29. The quantitative estimate of drug-likeness (QED) is 0.862. The van der Waals surface area contributed by atoms with Gasteiger partial charge in [-0.1, -0.05) is 32.0 Å². The SMILES string of the molecule is CC(C)CC(NC1CS(=O)(=O)c2ccccc21)C(=O)O. The lowest BCUT2D eigenvalue weighted by atomic mass is 10.0. The molecule has 2 unspecified atom stereocenters. The van der Waals surface area contributed by atoms with Crippen LogP contribution < -0.4 is 5.32 Å². The molecule has 2 N–H and O–H groups in total. The van der Waals surface area contributed by atoms with Crippen LogP contribution in [0.15, 0.2) is 29.2 Å². The van der Waals surface area contributed by atoms with Crippen LogP contribution in [-0.2, 0) is 14.6 Å². The summed E-state index contributed by atoms with van der Waals surface area (Å²) in [5.41, 5.74) is 0.669. The first kappa shape index (κ1) is 15.0. The normalized spacial score (nSPS) is 21.6. The lowest BCUT2D eigenvalue weighted by molar-refractivity contribution is -0.140. The fraction of sp³-hybridized carbons (Fsp3) is 0.500. The third-order valence-corrected chi connectivity index (χ3v) is 5.24. The first-order chi connectivity index (χ1) is 9.31. The van der Waals surface area contributed by atoms with E-state index in [0.717, 1.165) is 0 Å². The number of hydrogen-bond donors (Lipinski definition) is 2. The number of carboxylic acids is 1. The summed E-state index contributed by atoms with van der Waals surface area (Å²) < 4.78 is 24.1. The molecule has 0 aliphatic carbocycles. The Morgan fingerprint density at radius 3 is 2.65 bits per heavy atom. The molecule has 0 saturated carbocycles. The van der Waals surface area contributed by atoms with Gasteiger partial charge in [0.2, 0.25) is 0 Å². The molecule has 1 heterocycles. The zero-order valence-corrected chi connectivity index (χ0v) is 12.4. The second-order valence-corrected chi connectivity index (χ2v) is 7.56. The molecule has 2 atom stereocenters. The molecule has 0 spiro atoms. The first-order valence-corrected chi connectivity index (χ1v) is 8.27. The highest BCUT2D eigenvalue weighted by atomic mass is 32.2. The van der Waals surface area contributed by atoms with Crippen molar-refractivity contribution in [2.24, 2.45) is 5.92 Å². The zero-order valence-electron chi connectivity index (χ0n) is 11.5. The van der Waals surface area contributed by atoms with Crippen molar-refractivity contribution in [3.63, 3.8) is 0 Å². The first-order valence-electron chi connectivity index (χ1n) is 6.62. The minimum absolute atomic E-state index is 0.0752. The van der Waals surface area contributed by atoms with Crippen LogP contribution >= 0.6 is 0 Å². The zero-order chi connectivity index (χ0) is 14.9. The fourth-order valence-electron chi connectivity index (χ4n) is 2.54. The lowest BCUT2D eigenvalue weighted by Crippen LogP contribution is -2.40. The number of sulfone groups is 1. The second kappa shape index (κ2) is 5.54. The van der Waals surface area contributed by atoms with E-state index in [2.05, 4.69) is 5.32 Å². The van der Waals surface area contributed by atoms with E-state index in [1.807, 2.05) is 13.8 Å². The van der Waals surface area contributed by atoms with E-state index in [0.29, 0.717) is 16.9 Å². The number of fused-ring (bicyclic) bond motifs is 1. The van der Waals surface area contributed by atoms with Gasteiger partial charge in [0.25, 0.3) is 0 Å². The van der Waals surface area contributed by atoms with Crippen molar-refractivity contribution in [2.45, 2.75) is 37.2 Å². The van der Waals surface area contributed by atoms with E-state index >= 15 is 0 Å². The molecular weight excluding hydrogens is 278 g/mol. The van der Waals surface area contributed by atoms with E-state index in [1.54, 1.807) is 24.3 Å². The molecule has 2 rings (SSSR count). The molecular formula is C14H19NO4S. The summed E-state index contributed by atoms with van der Waals surface area (Å²) in [7, 11) is -3.31. The summed E-state index contributed by atoms with van der Waals surface area (Å²) in [6, 6.07) is 5.59. The summed E-state index contributed by atoms with van der Waals surface area (Å²) in [5.74, 6) is -0.800. The topological polar surface area (TPSA) is 83.5 Å². The van der Waals surface area contributed by atoms with E-state index in [1.165, 1.54) is 0 Å². The van der Waals surface area contributed by atoms with E-state index in [9.17, 15) is 18.3 Å². The van der Waals surface area contributed by atoms with Gasteiger partial charge in [0.15, 0.2) is 9.84 Å². The van der Waals surface area contributed by atoms with Gasteiger partial charge in [0, 0.05) is 6.04 Å². The van der Waals surface area contributed by atoms with Crippen molar-refractivity contribution in [1.29, 1.82) is 0 Å². The van der Waals surface area contributed by atoms with Gasteiger partial charge in [-0.25, -0.2) is 8.42 Å². The summed E-state index contributed by atoms with van der Waals surface area (Å²) in [6.07, 6.45) is 0.466. The van der Waals surface area contributed by atoms with Crippen LogP contribution in [0.3, 0.4) is 0 Å². The summed E-state index contributed by atoms with van der Waals surface area (Å²) in [5, 5.41) is 12.2. The van der Waals surface area contributed by atoms with Gasteiger partial charge in [0.05, 0.1) is 10.6 Å². The number of benzene rings is 1. The molecule has 110 valence electrons. The predicted molar refractivity (Wildman–Crippen MR) is 75.3 cm³/mol. The third-order valence-electron chi connectivity index (χ3n) is 3.42. The third kappa shape index (κ3) is 3.02. The predicted octanol–water partition coefficient (Wildman–Crippen LogP) is 1.60. The smallest absolute Gasteiger partial charge is 0.320 e. The average Bonchev–Trinajstić information content (AvgIpc) is 2.60. The van der Waals surface area contributed by atoms with Crippen LogP contribution in [0.5, 0.6) is 0 Å². The molecule has 1 aromatic carbocycles. The monoisotopic (exact) mass is 297 g/mol. The Hall–Kier alpha value is -1.40. The van der Waals surface area contributed by atoms with Crippen LogP contribution in [0.1, 0.15) is 31.9 Å². The van der Waals surface area contributed by atoms with Gasteiger partial charge in [-0.2, -0.15) is 0 Å². The minimum Gasteiger partial charge on any atom is -0.480 e. The molecule has 0 aromatic heterocycles. The molecule has 0 bridgehead atoms. The van der Waals surface area contributed by atoms with Crippen molar-refractivity contribution >= 4 is 15.8 Å². The van der Waals surface area contributed by atoms with E-state index < -0.39 is 27.9 Å². The lowest BCUT2D eigenvalue weighted by Gasteiger charge is -2.21. The number of hydrogen-bond acceptors (Lipinski definition) is 4. The molecule has 0 fully saturated rings. The maximum Gasteiger partial charge on any atom is 0.320 e. The van der Waals surface area contributed by atoms with Crippen LogP contribution in [0.2, 0.25) is 0 Å². The Kier molecular flexibility index (Phi) is 4.15. The van der Waals surface area contributed by atoms with Crippen molar-refractivity contribution < 1.29 is 18.3 Å². The number of rotatable bonds is 5. The van der Waals surface area contributed by atoms with E-state index in [4.69, 9.17) is 0 Å². The standard InChI is InChI=1S/C14H19NO4S/c1-9(2)7-11(14(16)17)15-12-8-20(18,19)13-6-4-3-5-10(12)13/h3-6,9,11-12,15H,7-8H2,1-2H3,(H,16,17). The Morgan fingerprint density at radius 1 is 1.40 bits per heavy atom. The Morgan fingerprint density at radius 2 is 2.05 bits per heavy atom. The Balaban J connectivity index is 2.25. The molecule has 1 aromatic rings. The summed E-state index contributed by atoms with van der Waals surface area (Å²) in [6.45, 7) is 3.88. The Labute approximate surface area is 118 Å². The second-order valence-electron chi connectivity index (χ2n) is 5.56. The molecule has 0 amide bonds. The molecule has 1 aliphatic heterocycles. The van der Waals surface area contributed by atoms with Crippen molar-refractivity contribution in [3.8, 4) is 0 Å². The number of carboxylic acid groups (broad SMARTS) is 1. The maximum atomic E-state index is 12.0. The van der Waals surface area contributed by atoms with Gasteiger partial charge >= 0.3 is 5.97 Å². The molecule has 20 heavy (non-hydrogen) atoms. The average molecular weight is 297 g/mol. The highest BCUT2D eigenvalue weighted by Crippen LogP contribution is 2.33. The van der Waals surface area contributed by atoms with Gasteiger partial charge in [0.1, 0.15) is 6.04 Å². The Bertz CT molecular complexity index is 609. The molecule has 6 heteroatoms. The number of nitrogens with one attached hydrogen (secondary N) is 1. The van der Waals surface area contributed by atoms with Crippen LogP contribution in [0.4, 0.5) is 0 Å². The van der Waals surface area contributed by atoms with E-state index in [-0.39, 0.29) is 11.7 Å². The van der Waals surface area contributed by atoms with Gasteiger partial charge in [-0.15, -0.1) is 0 Å². The highest BCUT2D eigenvalue weighted by molar-refractivity contribution is 7.91. The highest BCUT2D eigenvalue weighted by Gasteiger charge is 2.36. The molecule has 5 nitrogen and oxygen atoms in total. The number of carbonyl (C=O) groups is 1. The van der Waals surface area contributed by atoms with Crippen LogP contribution in [-0.4, -0.2) is 31.3 Å². The van der Waals surface area contributed by atoms with Crippen molar-refractivity contribution in [2.75, 3.05) is 5.75 Å². The minimum atomic E-state index is -3.31. The molecule has 1 aliphatic rings. The van der Waals surface area contributed by atoms with Crippen molar-refractivity contribution in [1.82, 2.24) is 5.32 Å². The molecule has 0 saturated heterocycles. The summed E-state index contributed by atoms with van der Waals surface area (Å²) >= 11 is 0. The number of aliphatic carboxylic acids is 1. The van der Waals surface area contributed by atoms with Crippen molar-refractivity contribution in [3.05, 3.63) is 29.8 Å². The van der Waals surface area contributed by atoms with Gasteiger partial charge in [-0.05, 0) is 24.0 Å².